The summed E-state index contributed by atoms with van der Waals surface area (Å²) in [5.74, 6) is 0. The first-order valence-corrected chi connectivity index (χ1v) is 7.04. The van der Waals surface area contributed by atoms with E-state index in [4.69, 9.17) is 0 Å². The number of hydrogen-bond acceptors (Lipinski definition) is 2. The van der Waals surface area contributed by atoms with E-state index in [1.807, 2.05) is 0 Å². The van der Waals surface area contributed by atoms with Crippen LogP contribution in [-0.2, 0) is 0 Å². The van der Waals surface area contributed by atoms with Gasteiger partial charge in [0.05, 0.1) is 0 Å². The van der Waals surface area contributed by atoms with E-state index in [0.717, 1.165) is 45.3 Å². The van der Waals surface area contributed by atoms with Crippen LogP contribution in [0.4, 0.5) is 13.2 Å². The zero-order valence-corrected chi connectivity index (χ0v) is 11.0. The molecular formula is C13H23F3N2. The fourth-order valence-electron chi connectivity index (χ4n) is 2.87. The summed E-state index contributed by atoms with van der Waals surface area (Å²) in [6, 6.07) is 0.0379. The molecule has 1 aliphatic heterocycles. The molecule has 1 saturated carbocycles. The topological polar surface area (TPSA) is 15.3 Å². The van der Waals surface area contributed by atoms with Crippen molar-refractivity contribution < 1.29 is 13.2 Å². The maximum atomic E-state index is 12.9. The van der Waals surface area contributed by atoms with E-state index in [1.54, 1.807) is 0 Å². The third-order valence-corrected chi connectivity index (χ3v) is 4.13. The number of likely N-dealkylation sites (tertiary alicyclic amines) is 1. The lowest BCUT2D eigenvalue weighted by Gasteiger charge is -2.27. The molecule has 0 aromatic carbocycles. The summed E-state index contributed by atoms with van der Waals surface area (Å²) in [5.41, 5.74) is -1.54. The zero-order chi connectivity index (χ0) is 13.2. The minimum Gasteiger partial charge on any atom is -0.303 e. The van der Waals surface area contributed by atoms with Gasteiger partial charge < -0.3 is 10.2 Å². The molecule has 5 heteroatoms. The van der Waals surface area contributed by atoms with Crippen molar-refractivity contribution in [1.29, 1.82) is 0 Å². The lowest BCUT2D eigenvalue weighted by molar-refractivity contribution is -0.168. The number of nitrogens with one attached hydrogen (secondary N) is 1. The number of nitrogens with zero attached hydrogens (tertiary/aromatic N) is 1. The molecule has 2 aliphatic rings. The first-order valence-electron chi connectivity index (χ1n) is 7.04. The summed E-state index contributed by atoms with van der Waals surface area (Å²) in [4.78, 5) is 2.37. The first-order chi connectivity index (χ1) is 8.47. The largest absolute Gasteiger partial charge is 0.406 e. The van der Waals surface area contributed by atoms with E-state index in [2.05, 4.69) is 17.1 Å². The molecule has 1 saturated heterocycles. The first kappa shape index (κ1) is 14.1. The quantitative estimate of drug-likeness (QED) is 0.840. The molecule has 1 N–H and O–H groups in total. The van der Waals surface area contributed by atoms with Crippen molar-refractivity contribution in [1.82, 2.24) is 10.2 Å². The fraction of sp³-hybridized carbons (Fsp3) is 1.00. The highest BCUT2D eigenvalue weighted by molar-refractivity contribution is 5.09. The van der Waals surface area contributed by atoms with Crippen molar-refractivity contribution in [3.63, 3.8) is 0 Å². The second kappa shape index (κ2) is 5.37. The number of alkyl halides is 3. The van der Waals surface area contributed by atoms with Gasteiger partial charge in [-0.15, -0.1) is 0 Å². The standard InChI is InChI=1S/C13H23F3N2/c1-2-8-18-9-3-4-11(5-10-18)17-12(6-7-12)13(14,15)16/h11,17H,2-10H2,1H3. The predicted octanol–water partition coefficient (Wildman–Crippen LogP) is 2.94. The Balaban J connectivity index is 1.84. The Bertz CT molecular complexity index is 274. The lowest BCUT2D eigenvalue weighted by atomic mass is 10.1. The lowest BCUT2D eigenvalue weighted by Crippen LogP contribution is -2.50. The van der Waals surface area contributed by atoms with E-state index in [1.165, 1.54) is 0 Å². The van der Waals surface area contributed by atoms with Crippen LogP contribution in [0.5, 0.6) is 0 Å². The van der Waals surface area contributed by atoms with Gasteiger partial charge in [-0.25, -0.2) is 0 Å². The van der Waals surface area contributed by atoms with Gasteiger partial charge in [0.2, 0.25) is 0 Å². The maximum Gasteiger partial charge on any atom is 0.406 e. The molecule has 1 unspecified atom stereocenters. The summed E-state index contributed by atoms with van der Waals surface area (Å²) in [6.07, 6.45) is 0.270. The summed E-state index contributed by atoms with van der Waals surface area (Å²) in [6.45, 7) is 5.17. The Hall–Kier alpha value is -0.290. The van der Waals surface area contributed by atoms with Gasteiger partial charge in [0.15, 0.2) is 0 Å². The average molecular weight is 264 g/mol. The average Bonchev–Trinajstić information content (AvgIpc) is 3.06. The highest BCUT2D eigenvalue weighted by atomic mass is 19.4. The van der Waals surface area contributed by atoms with Crippen molar-refractivity contribution in [2.24, 2.45) is 0 Å². The summed E-state index contributed by atoms with van der Waals surface area (Å²) in [7, 11) is 0. The van der Waals surface area contributed by atoms with Crippen LogP contribution in [0.25, 0.3) is 0 Å². The van der Waals surface area contributed by atoms with Crippen LogP contribution in [-0.4, -0.2) is 42.3 Å². The number of halogens is 3. The third-order valence-electron chi connectivity index (χ3n) is 4.13. The molecule has 2 fully saturated rings. The molecule has 0 radical (unpaired) electrons. The molecule has 1 aliphatic carbocycles. The van der Waals surface area contributed by atoms with Crippen LogP contribution in [0.1, 0.15) is 45.4 Å². The molecule has 0 aromatic heterocycles. The highest BCUT2D eigenvalue weighted by Crippen LogP contribution is 2.49. The van der Waals surface area contributed by atoms with Crippen molar-refractivity contribution in [2.45, 2.75) is 63.2 Å². The molecule has 2 rings (SSSR count). The van der Waals surface area contributed by atoms with Crippen LogP contribution in [0.15, 0.2) is 0 Å². The smallest absolute Gasteiger partial charge is 0.303 e. The van der Waals surface area contributed by atoms with Crippen molar-refractivity contribution in [3.05, 3.63) is 0 Å². The van der Waals surface area contributed by atoms with Crippen LogP contribution in [0.3, 0.4) is 0 Å². The van der Waals surface area contributed by atoms with Crippen molar-refractivity contribution in [3.8, 4) is 0 Å². The van der Waals surface area contributed by atoms with Gasteiger partial charge >= 0.3 is 6.18 Å². The minimum absolute atomic E-state index is 0.0379. The van der Waals surface area contributed by atoms with Crippen LogP contribution >= 0.6 is 0 Å². The Labute approximate surface area is 107 Å². The normalized spacial score (nSPS) is 29.0. The summed E-state index contributed by atoms with van der Waals surface area (Å²) >= 11 is 0. The molecular weight excluding hydrogens is 241 g/mol. The molecule has 1 atom stereocenters. The molecule has 0 aromatic rings. The van der Waals surface area contributed by atoms with E-state index in [0.29, 0.717) is 0 Å². The minimum atomic E-state index is -4.08. The molecule has 18 heavy (non-hydrogen) atoms. The van der Waals surface area contributed by atoms with Gasteiger partial charge in [0, 0.05) is 6.04 Å². The van der Waals surface area contributed by atoms with Crippen LogP contribution < -0.4 is 5.32 Å². The van der Waals surface area contributed by atoms with Gasteiger partial charge in [-0.3, -0.25) is 0 Å². The predicted molar refractivity (Wildman–Crippen MR) is 65.5 cm³/mol. The van der Waals surface area contributed by atoms with E-state index in [-0.39, 0.29) is 18.9 Å². The van der Waals surface area contributed by atoms with Gasteiger partial charge in [0.1, 0.15) is 5.54 Å². The number of rotatable bonds is 4. The Morgan fingerprint density at radius 3 is 2.50 bits per heavy atom. The van der Waals surface area contributed by atoms with Crippen molar-refractivity contribution >= 4 is 0 Å². The van der Waals surface area contributed by atoms with Gasteiger partial charge in [-0.05, 0) is 58.2 Å². The molecule has 0 spiro atoms. The van der Waals surface area contributed by atoms with E-state index in [9.17, 15) is 13.2 Å². The Morgan fingerprint density at radius 2 is 1.94 bits per heavy atom. The highest BCUT2D eigenvalue weighted by Gasteiger charge is 2.63. The van der Waals surface area contributed by atoms with Crippen LogP contribution in [0.2, 0.25) is 0 Å². The second-order valence-corrected chi connectivity index (χ2v) is 5.69. The molecule has 0 bridgehead atoms. The maximum absolute atomic E-state index is 12.9. The molecule has 1 heterocycles. The van der Waals surface area contributed by atoms with Crippen molar-refractivity contribution in [2.75, 3.05) is 19.6 Å². The number of hydrogen-bond donors (Lipinski definition) is 1. The Morgan fingerprint density at radius 1 is 1.22 bits per heavy atom. The van der Waals surface area contributed by atoms with Gasteiger partial charge in [-0.1, -0.05) is 6.92 Å². The van der Waals surface area contributed by atoms with E-state index >= 15 is 0 Å². The molecule has 0 amide bonds. The second-order valence-electron chi connectivity index (χ2n) is 5.69. The zero-order valence-electron chi connectivity index (χ0n) is 11.0. The molecule has 2 nitrogen and oxygen atoms in total. The third kappa shape index (κ3) is 3.18. The van der Waals surface area contributed by atoms with Gasteiger partial charge in [0.25, 0.3) is 0 Å². The van der Waals surface area contributed by atoms with Gasteiger partial charge in [-0.2, -0.15) is 13.2 Å². The molecule has 106 valence electrons. The van der Waals surface area contributed by atoms with Crippen LogP contribution in [0, 0.1) is 0 Å². The summed E-state index contributed by atoms with van der Waals surface area (Å²) < 4.78 is 38.6. The summed E-state index contributed by atoms with van der Waals surface area (Å²) in [5, 5.41) is 2.90. The fourth-order valence-corrected chi connectivity index (χ4v) is 2.87. The Kier molecular flexibility index (Phi) is 4.22. The monoisotopic (exact) mass is 264 g/mol. The SMILES string of the molecule is CCCN1CCCC(NC2(C(F)(F)F)CC2)CC1. The van der Waals surface area contributed by atoms with E-state index < -0.39 is 11.7 Å².